The molecule has 0 radical (unpaired) electrons. The van der Waals surface area contributed by atoms with Gasteiger partial charge in [-0.15, -0.1) is 0 Å². The Hall–Kier alpha value is -0.650. The van der Waals surface area contributed by atoms with Gasteiger partial charge in [0.25, 0.3) is 0 Å². The van der Waals surface area contributed by atoms with Gasteiger partial charge in [-0.3, -0.25) is 14.6 Å². The number of likely N-dealkylation sites (tertiary alicyclic amines) is 1. The minimum absolute atomic E-state index is 0.235. The number of aliphatic hydroxyl groups excluding tert-OH is 1. The number of hydrogen-bond acceptors (Lipinski definition) is 4. The molecule has 0 saturated carbocycles. The van der Waals surface area contributed by atoms with Gasteiger partial charge < -0.3 is 10.0 Å². The third-order valence-corrected chi connectivity index (χ3v) is 5.19. The molecule has 2 aliphatic rings. The van der Waals surface area contributed by atoms with Gasteiger partial charge in [-0.2, -0.15) is 0 Å². The van der Waals surface area contributed by atoms with Crippen molar-refractivity contribution in [2.75, 3.05) is 52.4 Å². The predicted molar refractivity (Wildman–Crippen MR) is 88.7 cm³/mol. The van der Waals surface area contributed by atoms with Gasteiger partial charge in [0.1, 0.15) is 0 Å². The third kappa shape index (κ3) is 4.67. The number of piperidine rings is 1. The van der Waals surface area contributed by atoms with E-state index >= 15 is 0 Å². The first kappa shape index (κ1) is 17.7. The van der Waals surface area contributed by atoms with E-state index in [0.29, 0.717) is 24.3 Å². The molecule has 22 heavy (non-hydrogen) atoms. The Bertz CT molecular complexity index is 342. The van der Waals surface area contributed by atoms with Crippen molar-refractivity contribution < 1.29 is 9.90 Å². The lowest BCUT2D eigenvalue weighted by Gasteiger charge is -2.40. The van der Waals surface area contributed by atoms with Gasteiger partial charge in [-0.25, -0.2) is 0 Å². The van der Waals surface area contributed by atoms with Gasteiger partial charge in [0.05, 0.1) is 13.2 Å². The molecule has 3 atom stereocenters. The summed E-state index contributed by atoms with van der Waals surface area (Å²) in [7, 11) is 0. The van der Waals surface area contributed by atoms with Crippen LogP contribution in [0.3, 0.4) is 0 Å². The van der Waals surface area contributed by atoms with Crippen LogP contribution in [0.4, 0.5) is 0 Å². The maximum Gasteiger partial charge on any atom is 0.236 e. The molecule has 0 aromatic heterocycles. The van der Waals surface area contributed by atoms with Gasteiger partial charge in [0.15, 0.2) is 0 Å². The van der Waals surface area contributed by atoms with Gasteiger partial charge >= 0.3 is 0 Å². The highest BCUT2D eigenvalue weighted by Crippen LogP contribution is 2.21. The van der Waals surface area contributed by atoms with Gasteiger partial charge in [-0.1, -0.05) is 20.8 Å². The van der Waals surface area contributed by atoms with E-state index in [1.54, 1.807) is 0 Å². The Morgan fingerprint density at radius 3 is 2.23 bits per heavy atom. The zero-order valence-electron chi connectivity index (χ0n) is 14.5. The second-order valence-electron chi connectivity index (χ2n) is 7.30. The van der Waals surface area contributed by atoms with Crippen LogP contribution in [0.25, 0.3) is 0 Å². The highest BCUT2D eigenvalue weighted by molar-refractivity contribution is 5.78. The summed E-state index contributed by atoms with van der Waals surface area (Å²) in [4.78, 5) is 19.2. The first-order chi connectivity index (χ1) is 10.5. The number of rotatable bonds is 5. The molecule has 2 heterocycles. The molecule has 2 fully saturated rings. The molecule has 1 amide bonds. The van der Waals surface area contributed by atoms with Crippen molar-refractivity contribution in [2.24, 2.45) is 11.8 Å². The molecule has 2 rings (SSSR count). The second kappa shape index (κ2) is 8.27. The van der Waals surface area contributed by atoms with Crippen LogP contribution in [-0.2, 0) is 4.79 Å². The number of aliphatic hydroxyl groups is 1. The smallest absolute Gasteiger partial charge is 0.236 e. The van der Waals surface area contributed by atoms with Gasteiger partial charge in [0, 0.05) is 45.3 Å². The van der Waals surface area contributed by atoms with Gasteiger partial charge in [0.2, 0.25) is 5.91 Å². The quantitative estimate of drug-likeness (QED) is 0.819. The molecule has 5 heteroatoms. The summed E-state index contributed by atoms with van der Waals surface area (Å²) in [5, 5.41) is 9.39. The van der Waals surface area contributed by atoms with Crippen molar-refractivity contribution in [2.45, 2.75) is 39.7 Å². The number of piperazine rings is 1. The minimum atomic E-state index is 0.235. The lowest BCUT2D eigenvalue weighted by atomic mass is 9.92. The molecule has 0 bridgehead atoms. The average Bonchev–Trinajstić information content (AvgIpc) is 2.49. The lowest BCUT2D eigenvalue weighted by molar-refractivity contribution is -0.135. The highest BCUT2D eigenvalue weighted by atomic mass is 16.3. The van der Waals surface area contributed by atoms with E-state index in [9.17, 15) is 9.90 Å². The van der Waals surface area contributed by atoms with Crippen molar-refractivity contribution >= 4 is 5.91 Å². The first-order valence-electron chi connectivity index (χ1n) is 8.88. The van der Waals surface area contributed by atoms with Crippen molar-refractivity contribution in [1.82, 2.24) is 14.7 Å². The molecule has 1 N–H and O–H groups in total. The minimum Gasteiger partial charge on any atom is -0.395 e. The van der Waals surface area contributed by atoms with Crippen LogP contribution >= 0.6 is 0 Å². The zero-order valence-corrected chi connectivity index (χ0v) is 14.5. The fourth-order valence-electron chi connectivity index (χ4n) is 3.95. The molecule has 0 aliphatic carbocycles. The summed E-state index contributed by atoms with van der Waals surface area (Å²) in [5.41, 5.74) is 0. The van der Waals surface area contributed by atoms with E-state index in [-0.39, 0.29) is 12.6 Å². The SMILES string of the molecule is CCC(CO)N1CCN(CC(=O)N2CC(C)CC(C)C2)CC1. The Balaban J connectivity index is 1.77. The number of carbonyl (C=O) groups excluding carboxylic acids is 1. The molecule has 2 aliphatic heterocycles. The number of nitrogens with zero attached hydrogens (tertiary/aromatic N) is 3. The molecule has 0 aromatic carbocycles. The van der Waals surface area contributed by atoms with E-state index in [1.807, 2.05) is 0 Å². The molecule has 0 spiro atoms. The van der Waals surface area contributed by atoms with E-state index in [2.05, 4.69) is 35.5 Å². The predicted octanol–water partition coefficient (Wildman–Crippen LogP) is 0.879. The Morgan fingerprint density at radius 2 is 1.73 bits per heavy atom. The number of hydrogen-bond donors (Lipinski definition) is 1. The van der Waals surface area contributed by atoms with E-state index in [1.165, 1.54) is 6.42 Å². The van der Waals surface area contributed by atoms with Crippen LogP contribution in [0, 0.1) is 11.8 Å². The Kier molecular flexibility index (Phi) is 6.66. The van der Waals surface area contributed by atoms with Crippen LogP contribution in [0.2, 0.25) is 0 Å². The lowest BCUT2D eigenvalue weighted by Crippen LogP contribution is -2.54. The van der Waals surface area contributed by atoms with Crippen molar-refractivity contribution in [3.05, 3.63) is 0 Å². The summed E-state index contributed by atoms with van der Waals surface area (Å²) in [6, 6.07) is 0.279. The van der Waals surface area contributed by atoms with Crippen molar-refractivity contribution in [3.8, 4) is 0 Å². The third-order valence-electron chi connectivity index (χ3n) is 5.19. The van der Waals surface area contributed by atoms with Crippen LogP contribution in [-0.4, -0.2) is 84.2 Å². The van der Waals surface area contributed by atoms with E-state index < -0.39 is 0 Å². The summed E-state index contributed by atoms with van der Waals surface area (Å²) >= 11 is 0. The van der Waals surface area contributed by atoms with Crippen LogP contribution in [0.15, 0.2) is 0 Å². The summed E-state index contributed by atoms with van der Waals surface area (Å²) in [5.74, 6) is 1.54. The second-order valence-corrected chi connectivity index (χ2v) is 7.30. The maximum atomic E-state index is 12.5. The summed E-state index contributed by atoms with van der Waals surface area (Å²) < 4.78 is 0. The van der Waals surface area contributed by atoms with Crippen molar-refractivity contribution in [3.63, 3.8) is 0 Å². The molecular weight excluding hydrogens is 278 g/mol. The largest absolute Gasteiger partial charge is 0.395 e. The van der Waals surface area contributed by atoms with E-state index in [0.717, 1.165) is 45.7 Å². The fraction of sp³-hybridized carbons (Fsp3) is 0.941. The van der Waals surface area contributed by atoms with Crippen molar-refractivity contribution in [1.29, 1.82) is 0 Å². The fourth-order valence-corrected chi connectivity index (χ4v) is 3.95. The molecule has 0 aromatic rings. The maximum absolute atomic E-state index is 12.5. The zero-order chi connectivity index (χ0) is 16.1. The monoisotopic (exact) mass is 311 g/mol. The average molecular weight is 311 g/mol. The normalized spacial score (nSPS) is 29.5. The van der Waals surface area contributed by atoms with Crippen LogP contribution in [0.1, 0.15) is 33.6 Å². The molecular formula is C17H33N3O2. The first-order valence-corrected chi connectivity index (χ1v) is 8.88. The van der Waals surface area contributed by atoms with Crippen LogP contribution in [0.5, 0.6) is 0 Å². The van der Waals surface area contributed by atoms with E-state index in [4.69, 9.17) is 0 Å². The summed E-state index contributed by atoms with van der Waals surface area (Å²) in [6.07, 6.45) is 2.22. The topological polar surface area (TPSA) is 47.0 Å². The molecule has 5 nitrogen and oxygen atoms in total. The molecule has 3 unspecified atom stereocenters. The Morgan fingerprint density at radius 1 is 1.14 bits per heavy atom. The van der Waals surface area contributed by atoms with Crippen LogP contribution < -0.4 is 0 Å². The number of carbonyl (C=O) groups is 1. The standard InChI is InChI=1S/C17H33N3O2/c1-4-16(13-21)19-7-5-18(6-8-19)12-17(22)20-10-14(2)9-15(3)11-20/h14-16,21H,4-13H2,1-3H3. The molecule has 2 saturated heterocycles. The summed E-state index contributed by atoms with van der Waals surface area (Å²) in [6.45, 7) is 13.0. The van der Waals surface area contributed by atoms with Gasteiger partial charge in [-0.05, 0) is 24.7 Å². The molecule has 128 valence electrons. The Labute approximate surface area is 135 Å². The number of amides is 1. The highest BCUT2D eigenvalue weighted by Gasteiger charge is 2.28.